The average molecular weight is 230 g/mol. The Labute approximate surface area is 120 Å². The number of benzene rings is 1. The molecule has 0 saturated carbocycles. The molecule has 0 aliphatic heterocycles. The zero-order valence-corrected chi connectivity index (χ0v) is 10.4. The van der Waals surface area contributed by atoms with E-state index in [9.17, 15) is 22.1 Å². The van der Waals surface area contributed by atoms with Crippen molar-refractivity contribution in [3.8, 4) is 0 Å². The first-order valence-electron chi connectivity index (χ1n) is 3.40. The zero-order valence-electron chi connectivity index (χ0n) is 7.31. The van der Waals surface area contributed by atoms with Crippen LogP contribution in [0.4, 0.5) is 17.3 Å². The molecular weight excluding hydrogens is 226 g/mol. The molecule has 0 N–H and O–H groups in total. The van der Waals surface area contributed by atoms with Gasteiger partial charge in [0.25, 0.3) is 0 Å². The van der Waals surface area contributed by atoms with Crippen molar-refractivity contribution in [2.75, 3.05) is 0 Å². The van der Waals surface area contributed by atoms with Crippen LogP contribution in [0.25, 0.3) is 0 Å². The van der Waals surface area contributed by atoms with E-state index in [-0.39, 0.29) is 57.7 Å². The van der Waals surface area contributed by atoms with E-state index in [0.717, 1.165) is 12.1 Å². The topological polar surface area (TPSA) is 17.1 Å². The Balaban J connectivity index is 0.00000169. The van der Waals surface area contributed by atoms with Gasteiger partial charge in [0.15, 0.2) is 0 Å². The number of halogens is 4. The molecule has 0 bridgehead atoms. The minimum Gasteiger partial charge on any atom is -0.445 e. The fourth-order valence-corrected chi connectivity index (χ4v) is 1.00. The molecule has 0 saturated heterocycles. The number of carbonyl (C=O) groups excluding carboxylic acids is 1. The second kappa shape index (κ2) is 5.41. The van der Waals surface area contributed by atoms with Crippen LogP contribution in [0.15, 0.2) is 18.2 Å². The smallest absolute Gasteiger partial charge is 0.445 e. The van der Waals surface area contributed by atoms with Gasteiger partial charge in [0.2, 0.25) is 0 Å². The van der Waals surface area contributed by atoms with Crippen molar-refractivity contribution in [2.24, 2.45) is 0 Å². The summed E-state index contributed by atoms with van der Waals surface area (Å²) in [5, 5.41) is 0. The molecule has 1 rings (SSSR count). The minimum atomic E-state index is -5.47. The third kappa shape index (κ3) is 3.16. The second-order valence-corrected chi connectivity index (χ2v) is 2.44. The number of hydrogen-bond donors (Lipinski definition) is 0. The van der Waals surface area contributed by atoms with Gasteiger partial charge in [-0.15, -0.1) is 0 Å². The van der Waals surface area contributed by atoms with Crippen LogP contribution in [-0.4, -0.2) is 13.3 Å². The monoisotopic (exact) mass is 230 g/mol. The summed E-state index contributed by atoms with van der Waals surface area (Å²) in [6, 6.07) is 2.67. The van der Waals surface area contributed by atoms with Crippen LogP contribution in [0.5, 0.6) is 0 Å². The van der Waals surface area contributed by atoms with Gasteiger partial charge in [-0.1, -0.05) is 17.6 Å². The quantitative estimate of drug-likeness (QED) is 0.350. The molecule has 0 amide bonds. The van der Waals surface area contributed by atoms with Crippen molar-refractivity contribution < 1.29 is 73.5 Å². The van der Waals surface area contributed by atoms with E-state index in [1.165, 1.54) is 0 Å². The number of aldehydes is 1. The third-order valence-corrected chi connectivity index (χ3v) is 1.54. The maximum Gasteiger partial charge on any atom is 1.00 e. The molecule has 7 heteroatoms. The van der Waals surface area contributed by atoms with Gasteiger partial charge in [-0.25, -0.2) is 4.39 Å². The summed E-state index contributed by atoms with van der Waals surface area (Å²) < 4.78 is 49.1. The van der Waals surface area contributed by atoms with Crippen LogP contribution in [0.1, 0.15) is 10.4 Å². The van der Waals surface area contributed by atoms with Crippen LogP contribution < -0.4 is 56.8 Å². The van der Waals surface area contributed by atoms with Gasteiger partial charge in [0.05, 0.1) is 5.82 Å². The normalized spacial score (nSPS) is 10.6. The SMILES string of the molecule is O=Cc1cccc(F)c1[B-](F)(F)F.[K+]. The Hall–Kier alpha value is 0.311. The van der Waals surface area contributed by atoms with E-state index in [4.69, 9.17) is 0 Å². The Kier molecular flexibility index (Phi) is 5.53. The minimum absolute atomic E-state index is 0. The van der Waals surface area contributed by atoms with Crippen molar-refractivity contribution >= 4 is 18.7 Å². The van der Waals surface area contributed by atoms with Gasteiger partial charge >= 0.3 is 58.4 Å². The van der Waals surface area contributed by atoms with E-state index < -0.39 is 23.8 Å². The number of carbonyl (C=O) groups is 1. The van der Waals surface area contributed by atoms with Crippen LogP contribution >= 0.6 is 0 Å². The first-order valence-corrected chi connectivity index (χ1v) is 3.40. The molecule has 0 spiro atoms. The molecule has 0 atom stereocenters. The Bertz CT molecular complexity index is 339. The molecule has 0 radical (unpaired) electrons. The molecule has 0 aliphatic carbocycles. The second-order valence-electron chi connectivity index (χ2n) is 2.44. The standard InChI is InChI=1S/C7H4BF4O.K/c9-6-3-1-2-5(4-13)7(6)8(10,11)12;/h1-4H;/q-1;+1. The Morgan fingerprint density at radius 3 is 2.14 bits per heavy atom. The third-order valence-electron chi connectivity index (χ3n) is 1.54. The number of rotatable bonds is 2. The molecule has 0 unspecified atom stereocenters. The van der Waals surface area contributed by atoms with E-state index in [2.05, 4.69) is 0 Å². The van der Waals surface area contributed by atoms with Gasteiger partial charge in [-0.3, -0.25) is 4.79 Å². The molecule has 1 nitrogen and oxygen atoms in total. The predicted molar refractivity (Wildman–Crippen MR) is 40.5 cm³/mol. The average Bonchev–Trinajstić information content (AvgIpc) is 2.01. The summed E-state index contributed by atoms with van der Waals surface area (Å²) in [4.78, 5) is 10.2. The predicted octanol–water partition coefficient (Wildman–Crippen LogP) is -1.30. The van der Waals surface area contributed by atoms with Crippen LogP contribution in [0.2, 0.25) is 0 Å². The summed E-state index contributed by atoms with van der Waals surface area (Å²) in [7, 11) is 0. The van der Waals surface area contributed by atoms with Gasteiger partial charge in [-0.05, 0) is 11.6 Å². The molecule has 0 heterocycles. The van der Waals surface area contributed by atoms with Gasteiger partial charge in [0.1, 0.15) is 6.29 Å². The fourth-order valence-electron chi connectivity index (χ4n) is 1.00. The molecule has 0 aromatic heterocycles. The summed E-state index contributed by atoms with van der Waals surface area (Å²) in [6.45, 7) is -5.47. The molecule has 0 aliphatic rings. The first-order chi connectivity index (χ1) is 5.96. The molecule has 14 heavy (non-hydrogen) atoms. The summed E-state index contributed by atoms with van der Waals surface area (Å²) >= 11 is 0. The maximum atomic E-state index is 12.7. The molecule has 1 aromatic carbocycles. The van der Waals surface area contributed by atoms with Crippen molar-refractivity contribution in [2.45, 2.75) is 0 Å². The van der Waals surface area contributed by atoms with Crippen molar-refractivity contribution in [1.29, 1.82) is 0 Å². The van der Waals surface area contributed by atoms with Crippen molar-refractivity contribution in [1.82, 2.24) is 0 Å². The molecule has 0 fully saturated rings. The summed E-state index contributed by atoms with van der Waals surface area (Å²) in [5.74, 6) is -1.41. The Morgan fingerprint density at radius 2 is 1.79 bits per heavy atom. The van der Waals surface area contributed by atoms with E-state index in [1.54, 1.807) is 0 Å². The van der Waals surface area contributed by atoms with Crippen LogP contribution in [0, 0.1) is 5.82 Å². The number of hydrogen-bond acceptors (Lipinski definition) is 1. The van der Waals surface area contributed by atoms with Crippen molar-refractivity contribution in [3.63, 3.8) is 0 Å². The van der Waals surface area contributed by atoms with E-state index in [1.807, 2.05) is 0 Å². The fraction of sp³-hybridized carbons (Fsp3) is 0. The van der Waals surface area contributed by atoms with Crippen LogP contribution in [0.3, 0.4) is 0 Å². The largest absolute Gasteiger partial charge is 1.00 e. The van der Waals surface area contributed by atoms with Crippen molar-refractivity contribution in [3.05, 3.63) is 29.6 Å². The summed E-state index contributed by atoms with van der Waals surface area (Å²) in [6.07, 6.45) is -0.00630. The maximum absolute atomic E-state index is 12.7. The molecule has 1 aromatic rings. The van der Waals surface area contributed by atoms with Crippen LogP contribution in [-0.2, 0) is 0 Å². The van der Waals surface area contributed by atoms with Gasteiger partial charge in [-0.2, -0.15) is 0 Å². The van der Waals surface area contributed by atoms with E-state index in [0.29, 0.717) is 6.07 Å². The molecule has 70 valence electrons. The Morgan fingerprint density at radius 1 is 1.21 bits per heavy atom. The van der Waals surface area contributed by atoms with Gasteiger partial charge in [0, 0.05) is 0 Å². The zero-order chi connectivity index (χ0) is 10.1. The summed E-state index contributed by atoms with van der Waals surface area (Å²) in [5.41, 5.74) is -2.11. The first kappa shape index (κ1) is 14.3. The van der Waals surface area contributed by atoms with E-state index >= 15 is 0 Å². The van der Waals surface area contributed by atoms with Gasteiger partial charge < -0.3 is 12.9 Å². The molecular formula is C7H4BF4KO.